The third-order valence-corrected chi connectivity index (χ3v) is 6.60. The Balaban J connectivity index is 1.40. The van der Waals surface area contributed by atoms with E-state index in [2.05, 4.69) is 21.4 Å². The van der Waals surface area contributed by atoms with Crippen molar-refractivity contribution >= 4 is 45.1 Å². The van der Waals surface area contributed by atoms with Gasteiger partial charge < -0.3 is 10.2 Å². The zero-order chi connectivity index (χ0) is 16.7. The van der Waals surface area contributed by atoms with E-state index in [9.17, 15) is 9.59 Å². The Morgan fingerprint density at radius 1 is 1.50 bits per heavy atom. The van der Waals surface area contributed by atoms with Crippen LogP contribution in [-0.4, -0.2) is 51.6 Å². The quantitative estimate of drug-likeness (QED) is 0.666. The van der Waals surface area contributed by atoms with Crippen molar-refractivity contribution in [2.75, 3.05) is 18.8 Å². The Morgan fingerprint density at radius 2 is 2.38 bits per heavy atom. The van der Waals surface area contributed by atoms with Gasteiger partial charge in [-0.05, 0) is 25.3 Å². The number of aryl methyl sites for hydroxylation is 1. The number of thiophene rings is 1. The lowest BCUT2D eigenvalue weighted by atomic mass is 9.92. The van der Waals surface area contributed by atoms with E-state index in [4.69, 9.17) is 0 Å². The molecular formula is C16H18N4O2S2. The summed E-state index contributed by atoms with van der Waals surface area (Å²) in [6, 6.07) is 2.21. The van der Waals surface area contributed by atoms with Crippen LogP contribution in [0.5, 0.6) is 0 Å². The average molecular weight is 362 g/mol. The van der Waals surface area contributed by atoms with E-state index in [0.717, 1.165) is 28.2 Å². The van der Waals surface area contributed by atoms with E-state index in [1.165, 1.54) is 16.6 Å². The maximum atomic E-state index is 12.5. The zero-order valence-corrected chi connectivity index (χ0v) is 15.0. The van der Waals surface area contributed by atoms with Crippen LogP contribution in [0.15, 0.2) is 17.4 Å². The fourth-order valence-electron chi connectivity index (χ4n) is 3.43. The standard InChI is InChI=1S/C16H18N4O2S2/c1-9-4-11-15(17-8-18-16(11)24-9)23-7-14(22)20-3-2-10-5-13(21)19-12(10)6-20/h4,8,10,12H,2-3,5-7H2,1H3,(H,19,21)/t10-,12-/m1/s1. The van der Waals surface area contributed by atoms with Gasteiger partial charge in [0.2, 0.25) is 11.8 Å². The molecular weight excluding hydrogens is 344 g/mol. The molecule has 126 valence electrons. The molecule has 0 spiro atoms. The van der Waals surface area contributed by atoms with Crippen molar-refractivity contribution in [3.8, 4) is 0 Å². The first-order valence-electron chi connectivity index (χ1n) is 8.01. The number of nitrogens with zero attached hydrogens (tertiary/aromatic N) is 3. The van der Waals surface area contributed by atoms with E-state index in [-0.39, 0.29) is 17.9 Å². The molecule has 24 heavy (non-hydrogen) atoms. The molecule has 0 aromatic carbocycles. The molecule has 2 fully saturated rings. The lowest BCUT2D eigenvalue weighted by Crippen LogP contribution is -2.49. The molecule has 2 atom stereocenters. The molecule has 8 heteroatoms. The molecule has 2 aliphatic heterocycles. The molecule has 2 aromatic heterocycles. The van der Waals surface area contributed by atoms with Crippen LogP contribution in [0, 0.1) is 12.8 Å². The molecule has 0 radical (unpaired) electrons. The van der Waals surface area contributed by atoms with E-state index in [1.54, 1.807) is 17.7 Å². The predicted molar refractivity (Wildman–Crippen MR) is 94.1 cm³/mol. The molecule has 0 aliphatic carbocycles. The summed E-state index contributed by atoms with van der Waals surface area (Å²) in [5.74, 6) is 0.986. The smallest absolute Gasteiger partial charge is 0.233 e. The van der Waals surface area contributed by atoms with Crippen molar-refractivity contribution in [3.05, 3.63) is 17.3 Å². The zero-order valence-electron chi connectivity index (χ0n) is 13.3. The SMILES string of the molecule is Cc1cc2c(SCC(=O)N3CC[C@@H]4CC(=O)N[C@@H]4C3)ncnc2s1. The molecule has 2 aliphatic rings. The van der Waals surface area contributed by atoms with Gasteiger partial charge in [0.15, 0.2) is 0 Å². The van der Waals surface area contributed by atoms with E-state index in [0.29, 0.717) is 24.6 Å². The highest BCUT2D eigenvalue weighted by Crippen LogP contribution is 2.31. The van der Waals surface area contributed by atoms with Crippen molar-refractivity contribution in [2.45, 2.75) is 30.8 Å². The first kappa shape index (κ1) is 15.8. The number of piperidine rings is 1. The van der Waals surface area contributed by atoms with Crippen LogP contribution in [-0.2, 0) is 9.59 Å². The van der Waals surface area contributed by atoms with Gasteiger partial charge in [0, 0.05) is 35.8 Å². The second kappa shape index (κ2) is 6.33. The lowest BCUT2D eigenvalue weighted by Gasteiger charge is -2.34. The Labute approximate surface area is 148 Å². The van der Waals surface area contributed by atoms with Crippen LogP contribution in [0.1, 0.15) is 17.7 Å². The van der Waals surface area contributed by atoms with Crippen LogP contribution in [0.25, 0.3) is 10.2 Å². The van der Waals surface area contributed by atoms with Gasteiger partial charge >= 0.3 is 0 Å². The highest BCUT2D eigenvalue weighted by molar-refractivity contribution is 8.00. The Morgan fingerprint density at radius 3 is 3.25 bits per heavy atom. The molecule has 0 bridgehead atoms. The van der Waals surface area contributed by atoms with Crippen LogP contribution in [0.2, 0.25) is 0 Å². The predicted octanol–water partition coefficient (Wildman–Crippen LogP) is 1.83. The summed E-state index contributed by atoms with van der Waals surface area (Å²) in [6.45, 7) is 3.42. The summed E-state index contributed by atoms with van der Waals surface area (Å²) < 4.78 is 0. The third kappa shape index (κ3) is 3.00. The number of hydrogen-bond acceptors (Lipinski definition) is 6. The van der Waals surface area contributed by atoms with Gasteiger partial charge in [-0.3, -0.25) is 9.59 Å². The summed E-state index contributed by atoms with van der Waals surface area (Å²) in [6.07, 6.45) is 3.07. The van der Waals surface area contributed by atoms with E-state index in [1.807, 2.05) is 11.8 Å². The number of nitrogens with one attached hydrogen (secondary N) is 1. The van der Waals surface area contributed by atoms with Gasteiger partial charge in [-0.2, -0.15) is 0 Å². The van der Waals surface area contributed by atoms with Crippen LogP contribution < -0.4 is 5.32 Å². The minimum Gasteiger partial charge on any atom is -0.351 e. The number of carbonyl (C=O) groups excluding carboxylic acids is 2. The van der Waals surface area contributed by atoms with Crippen LogP contribution in [0.3, 0.4) is 0 Å². The van der Waals surface area contributed by atoms with E-state index >= 15 is 0 Å². The normalized spacial score (nSPS) is 23.4. The maximum Gasteiger partial charge on any atom is 0.233 e. The number of aromatic nitrogens is 2. The fourth-order valence-corrected chi connectivity index (χ4v) is 5.22. The minimum atomic E-state index is 0.110. The topological polar surface area (TPSA) is 75.2 Å². The fraction of sp³-hybridized carbons (Fsp3) is 0.500. The summed E-state index contributed by atoms with van der Waals surface area (Å²) >= 11 is 3.11. The van der Waals surface area contributed by atoms with Crippen molar-refractivity contribution < 1.29 is 9.59 Å². The monoisotopic (exact) mass is 362 g/mol. The Hall–Kier alpha value is -1.67. The number of carbonyl (C=O) groups is 2. The largest absolute Gasteiger partial charge is 0.351 e. The summed E-state index contributed by atoms with van der Waals surface area (Å²) in [5, 5.41) is 4.87. The lowest BCUT2D eigenvalue weighted by molar-refractivity contribution is -0.130. The molecule has 1 N–H and O–H groups in total. The molecule has 2 saturated heterocycles. The van der Waals surface area contributed by atoms with Crippen molar-refractivity contribution in [2.24, 2.45) is 5.92 Å². The molecule has 0 saturated carbocycles. The van der Waals surface area contributed by atoms with Crippen molar-refractivity contribution in [1.82, 2.24) is 20.2 Å². The van der Waals surface area contributed by atoms with Crippen LogP contribution in [0.4, 0.5) is 0 Å². The first-order valence-corrected chi connectivity index (χ1v) is 9.81. The Bertz CT molecular complexity index is 806. The van der Waals surface area contributed by atoms with Gasteiger partial charge in [0.25, 0.3) is 0 Å². The third-order valence-electron chi connectivity index (χ3n) is 4.65. The van der Waals surface area contributed by atoms with Gasteiger partial charge in [0.05, 0.1) is 5.75 Å². The number of thioether (sulfide) groups is 1. The van der Waals surface area contributed by atoms with Gasteiger partial charge in [0.1, 0.15) is 16.2 Å². The number of amides is 2. The van der Waals surface area contributed by atoms with Gasteiger partial charge in [-0.1, -0.05) is 11.8 Å². The highest BCUT2D eigenvalue weighted by Gasteiger charge is 2.37. The molecule has 2 amide bonds. The molecule has 0 unspecified atom stereocenters. The molecule has 6 nitrogen and oxygen atoms in total. The number of fused-ring (bicyclic) bond motifs is 2. The second-order valence-electron chi connectivity index (χ2n) is 6.31. The highest BCUT2D eigenvalue weighted by atomic mass is 32.2. The van der Waals surface area contributed by atoms with Crippen LogP contribution >= 0.6 is 23.1 Å². The first-order chi connectivity index (χ1) is 11.6. The molecule has 4 rings (SSSR count). The van der Waals surface area contributed by atoms with Gasteiger partial charge in [-0.25, -0.2) is 9.97 Å². The number of likely N-dealkylation sites (tertiary alicyclic amines) is 1. The average Bonchev–Trinajstić information content (AvgIpc) is 3.12. The Kier molecular flexibility index (Phi) is 4.17. The minimum absolute atomic E-state index is 0.110. The summed E-state index contributed by atoms with van der Waals surface area (Å²) in [5.41, 5.74) is 0. The molecule has 4 heterocycles. The van der Waals surface area contributed by atoms with Crippen molar-refractivity contribution in [3.63, 3.8) is 0 Å². The molecule has 2 aromatic rings. The maximum absolute atomic E-state index is 12.5. The second-order valence-corrected chi connectivity index (χ2v) is 8.51. The summed E-state index contributed by atoms with van der Waals surface area (Å²) in [7, 11) is 0. The number of hydrogen-bond donors (Lipinski definition) is 1. The number of rotatable bonds is 3. The summed E-state index contributed by atoms with van der Waals surface area (Å²) in [4.78, 5) is 36.7. The van der Waals surface area contributed by atoms with Crippen molar-refractivity contribution in [1.29, 1.82) is 0 Å². The van der Waals surface area contributed by atoms with E-state index < -0.39 is 0 Å². The van der Waals surface area contributed by atoms with Gasteiger partial charge in [-0.15, -0.1) is 11.3 Å².